The summed E-state index contributed by atoms with van der Waals surface area (Å²) < 4.78 is 13.7. The Morgan fingerprint density at radius 2 is 2.17 bits per heavy atom. The zero-order valence-corrected chi connectivity index (χ0v) is 8.88. The molecule has 0 aliphatic rings. The molecule has 0 heterocycles. The molecule has 0 spiro atoms. The second kappa shape index (κ2) is 4.18. The molecule has 1 rings (SSSR count). The Hall–Kier alpha value is -0.160. The van der Waals surface area contributed by atoms with E-state index in [-0.39, 0.29) is 18.3 Å². The summed E-state index contributed by atoms with van der Waals surface area (Å²) in [4.78, 5) is 0. The molecule has 3 heteroatoms. The number of aliphatic hydroxyl groups is 1. The number of aliphatic hydroxyl groups excluding tert-OH is 1. The van der Waals surface area contributed by atoms with E-state index in [1.807, 2.05) is 13.0 Å². The lowest BCUT2D eigenvalue weighted by atomic mass is 10.0. The molecule has 0 aromatic heterocycles. The molecule has 0 aliphatic heterocycles. The summed E-state index contributed by atoms with van der Waals surface area (Å²) in [5.41, 5.74) is 0.849. The van der Waals surface area contributed by atoms with Crippen LogP contribution in [0.2, 0.25) is 0 Å². The molecule has 0 fully saturated rings. The van der Waals surface area contributed by atoms with Gasteiger partial charge in [-0.15, -0.1) is 0 Å². The summed E-state index contributed by atoms with van der Waals surface area (Å²) in [6, 6.07) is 4.81. The van der Waals surface area contributed by atoms with E-state index in [2.05, 4.69) is 22.6 Å². The summed E-state index contributed by atoms with van der Waals surface area (Å²) >= 11 is 2.06. The van der Waals surface area contributed by atoms with Crippen LogP contribution < -0.4 is 0 Å². The average Bonchev–Trinajstić information content (AvgIpc) is 2.01. The van der Waals surface area contributed by atoms with Gasteiger partial charge in [0, 0.05) is 16.1 Å². The second-order valence-corrected chi connectivity index (χ2v) is 4.03. The molecule has 0 unspecified atom stereocenters. The first kappa shape index (κ1) is 9.92. The number of hydrogen-bond acceptors (Lipinski definition) is 1. The molecule has 0 saturated heterocycles. The number of halogens is 2. The monoisotopic (exact) mass is 280 g/mol. The lowest BCUT2D eigenvalue weighted by Crippen LogP contribution is -1.99. The zero-order chi connectivity index (χ0) is 9.14. The van der Waals surface area contributed by atoms with E-state index in [4.69, 9.17) is 5.11 Å². The molecule has 1 N–H and O–H groups in total. The van der Waals surface area contributed by atoms with E-state index < -0.39 is 0 Å². The fourth-order valence-electron chi connectivity index (χ4n) is 0.965. The van der Waals surface area contributed by atoms with Crippen molar-refractivity contribution in [3.63, 3.8) is 0 Å². The van der Waals surface area contributed by atoms with E-state index >= 15 is 0 Å². The SMILES string of the molecule is C[C@H](CO)c1cc(F)cc(I)c1. The minimum Gasteiger partial charge on any atom is -0.396 e. The van der Waals surface area contributed by atoms with E-state index in [9.17, 15) is 4.39 Å². The Morgan fingerprint density at radius 3 is 2.67 bits per heavy atom. The average molecular weight is 280 g/mol. The van der Waals surface area contributed by atoms with Crippen LogP contribution >= 0.6 is 22.6 Å². The van der Waals surface area contributed by atoms with Crippen molar-refractivity contribution >= 4 is 22.6 Å². The molecule has 1 atom stereocenters. The van der Waals surface area contributed by atoms with Gasteiger partial charge in [0.25, 0.3) is 0 Å². The van der Waals surface area contributed by atoms with Crippen molar-refractivity contribution in [2.75, 3.05) is 6.61 Å². The summed E-state index contributed by atoms with van der Waals surface area (Å²) in [6.45, 7) is 1.92. The van der Waals surface area contributed by atoms with Gasteiger partial charge in [0.1, 0.15) is 5.82 Å². The van der Waals surface area contributed by atoms with Crippen LogP contribution in [0.15, 0.2) is 18.2 Å². The van der Waals surface area contributed by atoms with Gasteiger partial charge in [-0.05, 0) is 46.4 Å². The maximum absolute atomic E-state index is 12.8. The highest BCUT2D eigenvalue weighted by Gasteiger charge is 2.05. The van der Waals surface area contributed by atoms with Crippen molar-refractivity contribution in [2.45, 2.75) is 12.8 Å². The molecule has 1 aromatic carbocycles. The van der Waals surface area contributed by atoms with Gasteiger partial charge in [0.05, 0.1) is 0 Å². The third kappa shape index (κ3) is 2.42. The summed E-state index contributed by atoms with van der Waals surface area (Å²) in [5.74, 6) is -0.230. The van der Waals surface area contributed by atoms with Crippen molar-refractivity contribution < 1.29 is 9.50 Å². The fraction of sp³-hybridized carbons (Fsp3) is 0.333. The van der Waals surface area contributed by atoms with E-state index in [1.165, 1.54) is 12.1 Å². The van der Waals surface area contributed by atoms with Gasteiger partial charge in [-0.3, -0.25) is 0 Å². The van der Waals surface area contributed by atoms with Crippen LogP contribution in [0.4, 0.5) is 4.39 Å². The smallest absolute Gasteiger partial charge is 0.124 e. The third-order valence-electron chi connectivity index (χ3n) is 1.73. The van der Waals surface area contributed by atoms with Gasteiger partial charge in [-0.25, -0.2) is 4.39 Å². The Morgan fingerprint density at radius 1 is 1.50 bits per heavy atom. The van der Waals surface area contributed by atoms with Crippen LogP contribution in [0.5, 0.6) is 0 Å². The first-order chi connectivity index (χ1) is 5.63. The van der Waals surface area contributed by atoms with Crippen LogP contribution in [0.1, 0.15) is 18.4 Å². The second-order valence-electron chi connectivity index (χ2n) is 2.79. The molecule has 66 valence electrons. The number of rotatable bonds is 2. The Kier molecular flexibility index (Phi) is 3.46. The van der Waals surface area contributed by atoms with Gasteiger partial charge in [0.15, 0.2) is 0 Å². The number of hydrogen-bond donors (Lipinski definition) is 1. The zero-order valence-electron chi connectivity index (χ0n) is 6.72. The van der Waals surface area contributed by atoms with Crippen LogP contribution in [0, 0.1) is 9.39 Å². The van der Waals surface area contributed by atoms with E-state index in [0.717, 1.165) is 9.13 Å². The third-order valence-corrected chi connectivity index (χ3v) is 2.35. The van der Waals surface area contributed by atoms with Crippen molar-refractivity contribution in [2.24, 2.45) is 0 Å². The Labute approximate surface area is 84.7 Å². The van der Waals surface area contributed by atoms with Crippen molar-refractivity contribution in [1.82, 2.24) is 0 Å². The van der Waals surface area contributed by atoms with Crippen LogP contribution in [0.3, 0.4) is 0 Å². The van der Waals surface area contributed by atoms with Crippen molar-refractivity contribution in [3.8, 4) is 0 Å². The molecule has 0 aliphatic carbocycles. The van der Waals surface area contributed by atoms with Gasteiger partial charge < -0.3 is 5.11 Å². The predicted octanol–water partition coefficient (Wildman–Crippen LogP) is 2.53. The van der Waals surface area contributed by atoms with E-state index in [1.54, 1.807) is 0 Å². The standard InChI is InChI=1S/C9H10FIO/c1-6(5-12)7-2-8(10)4-9(11)3-7/h2-4,6,12H,5H2,1H3/t6-/m1/s1. The van der Waals surface area contributed by atoms with Gasteiger partial charge >= 0.3 is 0 Å². The Bertz CT molecular complexity index is 255. The molecule has 1 nitrogen and oxygen atoms in total. The molecular weight excluding hydrogens is 270 g/mol. The highest BCUT2D eigenvalue weighted by atomic mass is 127. The van der Waals surface area contributed by atoms with Crippen LogP contribution in [0.25, 0.3) is 0 Å². The van der Waals surface area contributed by atoms with Crippen LogP contribution in [-0.2, 0) is 0 Å². The van der Waals surface area contributed by atoms with E-state index in [0.29, 0.717) is 0 Å². The summed E-state index contributed by atoms with van der Waals surface area (Å²) in [7, 11) is 0. The van der Waals surface area contributed by atoms with Crippen molar-refractivity contribution in [3.05, 3.63) is 33.1 Å². The molecule has 12 heavy (non-hydrogen) atoms. The largest absolute Gasteiger partial charge is 0.396 e. The maximum Gasteiger partial charge on any atom is 0.124 e. The Balaban J connectivity index is 3.00. The molecule has 0 saturated carbocycles. The quantitative estimate of drug-likeness (QED) is 0.825. The van der Waals surface area contributed by atoms with Crippen LogP contribution in [-0.4, -0.2) is 11.7 Å². The molecule has 1 aromatic rings. The number of benzene rings is 1. The minimum absolute atomic E-state index is 0.00853. The summed E-state index contributed by atoms with van der Waals surface area (Å²) in [6.07, 6.45) is 0. The summed E-state index contributed by atoms with van der Waals surface area (Å²) in [5, 5.41) is 8.85. The topological polar surface area (TPSA) is 20.2 Å². The van der Waals surface area contributed by atoms with Crippen molar-refractivity contribution in [1.29, 1.82) is 0 Å². The first-order valence-electron chi connectivity index (χ1n) is 3.70. The maximum atomic E-state index is 12.8. The van der Waals surface area contributed by atoms with Gasteiger partial charge in [0.2, 0.25) is 0 Å². The molecular formula is C9H10FIO. The first-order valence-corrected chi connectivity index (χ1v) is 4.78. The highest BCUT2D eigenvalue weighted by Crippen LogP contribution is 2.18. The normalized spacial score (nSPS) is 13.0. The highest BCUT2D eigenvalue weighted by molar-refractivity contribution is 14.1. The minimum atomic E-state index is -0.239. The fourth-order valence-corrected chi connectivity index (χ4v) is 1.62. The molecule has 0 bridgehead atoms. The van der Waals surface area contributed by atoms with Gasteiger partial charge in [-0.1, -0.05) is 6.92 Å². The van der Waals surface area contributed by atoms with Gasteiger partial charge in [-0.2, -0.15) is 0 Å². The lowest BCUT2D eigenvalue weighted by Gasteiger charge is -2.08. The lowest BCUT2D eigenvalue weighted by molar-refractivity contribution is 0.273. The molecule has 0 amide bonds. The predicted molar refractivity (Wildman–Crippen MR) is 54.6 cm³/mol. The molecule has 0 radical (unpaired) electrons.